The fraction of sp³-hybridized carbons (Fsp3) is 0.545. The van der Waals surface area contributed by atoms with Crippen molar-refractivity contribution in [3.8, 4) is 0 Å². The second-order valence-electron chi connectivity index (χ2n) is 8.07. The molecular weight excluding hydrogens is 352 g/mol. The molecule has 0 N–H and O–H groups in total. The summed E-state index contributed by atoms with van der Waals surface area (Å²) < 4.78 is 8.07. The van der Waals surface area contributed by atoms with Crippen LogP contribution in [0, 0.1) is 6.92 Å². The van der Waals surface area contributed by atoms with Crippen molar-refractivity contribution in [3.05, 3.63) is 54.1 Å². The molecule has 4 rings (SSSR count). The summed E-state index contributed by atoms with van der Waals surface area (Å²) in [6, 6.07) is 10.3. The van der Waals surface area contributed by atoms with Crippen LogP contribution in [-0.4, -0.2) is 63.8 Å². The van der Waals surface area contributed by atoms with E-state index in [2.05, 4.69) is 26.6 Å². The Kier molecular flexibility index (Phi) is 5.67. The zero-order valence-corrected chi connectivity index (χ0v) is 16.7. The van der Waals surface area contributed by atoms with Crippen molar-refractivity contribution in [2.45, 2.75) is 44.8 Å². The Morgan fingerprint density at radius 2 is 1.89 bits per heavy atom. The standard InChI is InChI=1S/C22H30N4O2/c1-19-23-11-17-25(19)13-5-12-24-15-9-22(10-16-24)18-26(21(27)28-22)14-8-20-6-3-2-4-7-20/h2-4,6-7,11,17H,5,8-10,12-16,18H2,1H3. The Balaban J connectivity index is 1.21. The number of likely N-dealkylation sites (tertiary alicyclic amines) is 1. The zero-order valence-electron chi connectivity index (χ0n) is 16.7. The van der Waals surface area contributed by atoms with Gasteiger partial charge >= 0.3 is 6.09 Å². The lowest BCUT2D eigenvalue weighted by atomic mass is 9.91. The predicted octanol–water partition coefficient (Wildman–Crippen LogP) is 3.11. The molecule has 1 amide bonds. The molecule has 0 bridgehead atoms. The quantitative estimate of drug-likeness (QED) is 0.738. The normalized spacial score (nSPS) is 19.3. The van der Waals surface area contributed by atoms with Crippen molar-refractivity contribution < 1.29 is 9.53 Å². The summed E-state index contributed by atoms with van der Waals surface area (Å²) in [4.78, 5) is 21.0. The van der Waals surface area contributed by atoms with E-state index in [1.54, 1.807) is 0 Å². The van der Waals surface area contributed by atoms with Gasteiger partial charge in [0.25, 0.3) is 0 Å². The van der Waals surface area contributed by atoms with Crippen molar-refractivity contribution in [1.82, 2.24) is 19.4 Å². The highest BCUT2D eigenvalue weighted by Crippen LogP contribution is 2.33. The van der Waals surface area contributed by atoms with Gasteiger partial charge in [0.05, 0.1) is 6.54 Å². The molecule has 0 unspecified atom stereocenters. The second-order valence-corrected chi connectivity index (χ2v) is 8.07. The van der Waals surface area contributed by atoms with Crippen LogP contribution in [0.3, 0.4) is 0 Å². The maximum atomic E-state index is 12.4. The number of rotatable bonds is 7. The molecule has 6 heteroatoms. The average molecular weight is 383 g/mol. The monoisotopic (exact) mass is 382 g/mol. The molecule has 2 aliphatic rings. The van der Waals surface area contributed by atoms with E-state index in [0.717, 1.165) is 70.8 Å². The van der Waals surface area contributed by atoms with Crippen molar-refractivity contribution in [3.63, 3.8) is 0 Å². The van der Waals surface area contributed by atoms with Crippen molar-refractivity contribution in [1.29, 1.82) is 0 Å². The van der Waals surface area contributed by atoms with E-state index in [1.807, 2.05) is 42.4 Å². The summed E-state index contributed by atoms with van der Waals surface area (Å²) >= 11 is 0. The topological polar surface area (TPSA) is 50.6 Å². The van der Waals surface area contributed by atoms with Crippen LogP contribution in [-0.2, 0) is 17.7 Å². The van der Waals surface area contributed by atoms with Crippen LogP contribution in [0.2, 0.25) is 0 Å². The number of amides is 1. The number of carbonyl (C=O) groups excluding carboxylic acids is 1. The van der Waals surface area contributed by atoms with Gasteiger partial charge in [0.1, 0.15) is 11.4 Å². The number of piperidine rings is 1. The van der Waals surface area contributed by atoms with Gasteiger partial charge in [0, 0.05) is 51.4 Å². The van der Waals surface area contributed by atoms with E-state index in [9.17, 15) is 4.79 Å². The summed E-state index contributed by atoms with van der Waals surface area (Å²) in [7, 11) is 0. The van der Waals surface area contributed by atoms with Gasteiger partial charge in [-0.15, -0.1) is 0 Å². The molecule has 0 atom stereocenters. The van der Waals surface area contributed by atoms with Gasteiger partial charge in [0.2, 0.25) is 0 Å². The Bertz CT molecular complexity index is 781. The number of ether oxygens (including phenoxy) is 1. The van der Waals surface area contributed by atoms with Crippen molar-refractivity contribution in [2.24, 2.45) is 0 Å². The molecule has 150 valence electrons. The highest BCUT2D eigenvalue weighted by Gasteiger charge is 2.46. The third-order valence-electron chi connectivity index (χ3n) is 6.12. The van der Waals surface area contributed by atoms with Gasteiger partial charge in [-0.2, -0.15) is 0 Å². The van der Waals surface area contributed by atoms with Crippen LogP contribution in [0.25, 0.3) is 0 Å². The van der Waals surface area contributed by atoms with Crippen LogP contribution in [0.5, 0.6) is 0 Å². The number of nitrogens with zero attached hydrogens (tertiary/aromatic N) is 4. The summed E-state index contributed by atoms with van der Waals surface area (Å²) in [5.41, 5.74) is 0.991. The first-order chi connectivity index (χ1) is 13.6. The fourth-order valence-electron chi connectivity index (χ4n) is 4.32. The lowest BCUT2D eigenvalue weighted by molar-refractivity contribution is 0.000327. The molecule has 28 heavy (non-hydrogen) atoms. The summed E-state index contributed by atoms with van der Waals surface area (Å²) in [6.45, 7) is 7.61. The smallest absolute Gasteiger partial charge is 0.410 e. The van der Waals surface area contributed by atoms with Gasteiger partial charge in [-0.25, -0.2) is 9.78 Å². The molecule has 1 spiro atoms. The first-order valence-corrected chi connectivity index (χ1v) is 10.4. The number of aromatic nitrogens is 2. The highest BCUT2D eigenvalue weighted by atomic mass is 16.6. The molecule has 0 radical (unpaired) electrons. The van der Waals surface area contributed by atoms with E-state index in [1.165, 1.54) is 5.56 Å². The predicted molar refractivity (Wildman–Crippen MR) is 108 cm³/mol. The van der Waals surface area contributed by atoms with Gasteiger partial charge in [0.15, 0.2) is 0 Å². The van der Waals surface area contributed by atoms with E-state index < -0.39 is 0 Å². The summed E-state index contributed by atoms with van der Waals surface area (Å²) in [6.07, 6.45) is 7.63. The lowest BCUT2D eigenvalue weighted by Gasteiger charge is -2.37. The maximum absolute atomic E-state index is 12.4. The molecule has 0 aliphatic carbocycles. The largest absolute Gasteiger partial charge is 0.441 e. The minimum Gasteiger partial charge on any atom is -0.441 e. The number of hydrogen-bond acceptors (Lipinski definition) is 4. The second kappa shape index (κ2) is 8.35. The molecule has 2 saturated heterocycles. The van der Waals surface area contributed by atoms with E-state index >= 15 is 0 Å². The number of benzene rings is 1. The van der Waals surface area contributed by atoms with Crippen LogP contribution in [0.1, 0.15) is 30.7 Å². The Hall–Kier alpha value is -2.34. The summed E-state index contributed by atoms with van der Waals surface area (Å²) in [5, 5.41) is 0. The third-order valence-corrected chi connectivity index (χ3v) is 6.12. The van der Waals surface area contributed by atoms with Gasteiger partial charge in [-0.3, -0.25) is 0 Å². The molecule has 0 saturated carbocycles. The van der Waals surface area contributed by atoms with Gasteiger partial charge in [-0.1, -0.05) is 30.3 Å². The average Bonchev–Trinajstić information content (AvgIpc) is 3.25. The maximum Gasteiger partial charge on any atom is 0.410 e. The minimum absolute atomic E-state index is 0.139. The van der Waals surface area contributed by atoms with E-state index in [-0.39, 0.29) is 11.7 Å². The van der Waals surface area contributed by atoms with Crippen molar-refractivity contribution in [2.75, 3.05) is 32.7 Å². The number of imidazole rings is 1. The zero-order chi connectivity index (χ0) is 19.4. The Morgan fingerprint density at radius 1 is 1.11 bits per heavy atom. The Morgan fingerprint density at radius 3 is 2.61 bits per heavy atom. The lowest BCUT2D eigenvalue weighted by Crippen LogP contribution is -2.47. The number of hydrogen-bond donors (Lipinski definition) is 0. The Labute approximate surface area is 167 Å². The van der Waals surface area contributed by atoms with Crippen LogP contribution in [0.15, 0.2) is 42.7 Å². The molecule has 6 nitrogen and oxygen atoms in total. The van der Waals surface area contributed by atoms with Crippen LogP contribution >= 0.6 is 0 Å². The molecule has 3 heterocycles. The summed E-state index contributed by atoms with van der Waals surface area (Å²) in [5.74, 6) is 1.08. The number of aryl methyl sites for hydroxylation is 2. The molecular formula is C22H30N4O2. The van der Waals surface area contributed by atoms with Gasteiger partial charge < -0.3 is 19.1 Å². The molecule has 2 aromatic rings. The highest BCUT2D eigenvalue weighted by molar-refractivity contribution is 5.70. The van der Waals surface area contributed by atoms with E-state index in [4.69, 9.17) is 4.74 Å². The minimum atomic E-state index is -0.273. The van der Waals surface area contributed by atoms with Crippen LogP contribution < -0.4 is 0 Å². The fourth-order valence-corrected chi connectivity index (χ4v) is 4.32. The number of carbonyl (C=O) groups is 1. The molecule has 2 fully saturated rings. The SMILES string of the molecule is Cc1nccn1CCCN1CCC2(CC1)CN(CCc1ccccc1)C(=O)O2. The molecule has 1 aromatic heterocycles. The third kappa shape index (κ3) is 4.38. The van der Waals surface area contributed by atoms with E-state index in [0.29, 0.717) is 0 Å². The van der Waals surface area contributed by atoms with Crippen molar-refractivity contribution >= 4 is 6.09 Å². The first kappa shape index (κ1) is 19.0. The van der Waals surface area contributed by atoms with Gasteiger partial charge in [-0.05, 0) is 31.9 Å². The first-order valence-electron chi connectivity index (χ1n) is 10.4. The molecule has 1 aromatic carbocycles. The van der Waals surface area contributed by atoms with Crippen LogP contribution in [0.4, 0.5) is 4.79 Å². The molecule has 2 aliphatic heterocycles.